The summed E-state index contributed by atoms with van der Waals surface area (Å²) < 4.78 is 0. The van der Waals surface area contributed by atoms with Crippen LogP contribution in [0.3, 0.4) is 0 Å². The molecule has 90 valence electrons. The third-order valence-corrected chi connectivity index (χ3v) is 2.94. The van der Waals surface area contributed by atoms with Crippen LogP contribution in [0.2, 0.25) is 0 Å². The molecule has 0 amide bonds. The molecule has 1 rings (SSSR count). The van der Waals surface area contributed by atoms with Crippen molar-refractivity contribution in [1.29, 1.82) is 0 Å². The van der Waals surface area contributed by atoms with Crippen LogP contribution in [0.5, 0.6) is 0 Å². The Morgan fingerprint density at radius 2 is 1.82 bits per heavy atom. The molecule has 1 heteroatoms. The Bertz CT molecular complexity index is 464. The van der Waals surface area contributed by atoms with Gasteiger partial charge in [-0.05, 0) is 42.5 Å². The van der Waals surface area contributed by atoms with Gasteiger partial charge in [0.15, 0.2) is 0 Å². The number of rotatable bonds is 4. The Morgan fingerprint density at radius 1 is 1.18 bits per heavy atom. The molecule has 0 aliphatic heterocycles. The molecule has 0 radical (unpaired) electrons. The standard InChI is InChI=1S/C16H21N/c1-11(2)12(3)7-8-13(4)16-9-14(5)15(6)10-17-16/h7-11H,3-4H2,1-2,5-6H3. The molecular formula is C16H21N. The summed E-state index contributed by atoms with van der Waals surface area (Å²) in [7, 11) is 0. The minimum absolute atomic E-state index is 0.465. The van der Waals surface area contributed by atoms with Gasteiger partial charge in [-0.2, -0.15) is 0 Å². The van der Waals surface area contributed by atoms with Crippen molar-refractivity contribution in [2.45, 2.75) is 27.7 Å². The summed E-state index contributed by atoms with van der Waals surface area (Å²) in [5, 5.41) is 0. The van der Waals surface area contributed by atoms with E-state index in [0.29, 0.717) is 5.92 Å². The zero-order valence-electron chi connectivity index (χ0n) is 11.2. The highest BCUT2D eigenvalue weighted by Gasteiger charge is 2.00. The van der Waals surface area contributed by atoms with Crippen molar-refractivity contribution in [2.24, 2.45) is 5.92 Å². The number of aryl methyl sites for hydroxylation is 2. The predicted octanol–water partition coefficient (Wildman–Crippen LogP) is 4.48. The normalized spacial score (nSPS) is 11.1. The quantitative estimate of drug-likeness (QED) is 0.691. The van der Waals surface area contributed by atoms with Gasteiger partial charge in [-0.1, -0.05) is 44.7 Å². The van der Waals surface area contributed by atoms with E-state index in [1.54, 1.807) is 0 Å². The van der Waals surface area contributed by atoms with E-state index in [-0.39, 0.29) is 0 Å². The first-order valence-corrected chi connectivity index (χ1v) is 5.91. The van der Waals surface area contributed by atoms with Gasteiger partial charge >= 0.3 is 0 Å². The molecule has 0 saturated heterocycles. The number of nitrogens with zero attached hydrogens (tertiary/aromatic N) is 1. The van der Waals surface area contributed by atoms with Gasteiger partial charge in [0.05, 0.1) is 5.69 Å². The highest BCUT2D eigenvalue weighted by Crippen LogP contribution is 2.16. The first kappa shape index (κ1) is 13.4. The minimum atomic E-state index is 0.465. The summed E-state index contributed by atoms with van der Waals surface area (Å²) in [6, 6.07) is 2.07. The van der Waals surface area contributed by atoms with Crippen molar-refractivity contribution >= 4 is 5.57 Å². The van der Waals surface area contributed by atoms with Crippen LogP contribution in [-0.2, 0) is 0 Å². The third kappa shape index (κ3) is 3.70. The summed E-state index contributed by atoms with van der Waals surface area (Å²) >= 11 is 0. The van der Waals surface area contributed by atoms with Crippen molar-refractivity contribution in [3.8, 4) is 0 Å². The highest BCUT2D eigenvalue weighted by molar-refractivity contribution is 5.70. The van der Waals surface area contributed by atoms with Crippen LogP contribution in [-0.4, -0.2) is 4.98 Å². The molecule has 0 unspecified atom stereocenters. The molecule has 0 fully saturated rings. The Morgan fingerprint density at radius 3 is 2.35 bits per heavy atom. The molecule has 0 aliphatic carbocycles. The zero-order chi connectivity index (χ0) is 13.0. The van der Waals surface area contributed by atoms with Crippen molar-refractivity contribution < 1.29 is 0 Å². The van der Waals surface area contributed by atoms with Crippen molar-refractivity contribution in [3.05, 3.63) is 60.0 Å². The minimum Gasteiger partial charge on any atom is -0.256 e. The Balaban J connectivity index is 2.84. The number of allylic oxidation sites excluding steroid dienone is 4. The highest BCUT2D eigenvalue weighted by atomic mass is 14.7. The Hall–Kier alpha value is -1.63. The molecule has 1 aromatic rings. The van der Waals surface area contributed by atoms with Crippen molar-refractivity contribution in [2.75, 3.05) is 0 Å². The Labute approximate surface area is 105 Å². The van der Waals surface area contributed by atoms with Crippen LogP contribution in [0.15, 0.2) is 43.1 Å². The average molecular weight is 227 g/mol. The molecule has 0 spiro atoms. The van der Waals surface area contributed by atoms with Crippen LogP contribution in [0.4, 0.5) is 0 Å². The molecule has 0 atom stereocenters. The van der Waals surface area contributed by atoms with Gasteiger partial charge in [-0.3, -0.25) is 4.98 Å². The van der Waals surface area contributed by atoms with Gasteiger partial charge in [0.1, 0.15) is 0 Å². The molecular weight excluding hydrogens is 206 g/mol. The molecule has 0 aliphatic rings. The lowest BCUT2D eigenvalue weighted by molar-refractivity contribution is 0.795. The summed E-state index contributed by atoms with van der Waals surface area (Å²) in [6.07, 6.45) is 5.89. The molecule has 0 N–H and O–H groups in total. The van der Waals surface area contributed by atoms with Crippen LogP contribution < -0.4 is 0 Å². The zero-order valence-corrected chi connectivity index (χ0v) is 11.2. The SMILES string of the molecule is C=C(C=CC(=C)C(C)C)c1cc(C)c(C)cn1. The first-order chi connectivity index (χ1) is 7.91. The van der Waals surface area contributed by atoms with Gasteiger partial charge in [0.2, 0.25) is 0 Å². The molecule has 1 aromatic heterocycles. The molecule has 17 heavy (non-hydrogen) atoms. The largest absolute Gasteiger partial charge is 0.256 e. The van der Waals surface area contributed by atoms with Gasteiger partial charge in [0.25, 0.3) is 0 Å². The fourth-order valence-corrected chi connectivity index (χ4v) is 1.29. The third-order valence-electron chi connectivity index (χ3n) is 2.94. The average Bonchev–Trinajstić information content (AvgIpc) is 2.28. The summed E-state index contributed by atoms with van der Waals surface area (Å²) in [5.41, 5.74) is 5.41. The smallest absolute Gasteiger partial charge is 0.0698 e. The van der Waals surface area contributed by atoms with E-state index in [1.807, 2.05) is 18.3 Å². The fourth-order valence-electron chi connectivity index (χ4n) is 1.29. The van der Waals surface area contributed by atoms with Crippen LogP contribution in [0.25, 0.3) is 5.57 Å². The molecule has 1 nitrogen and oxygen atoms in total. The van der Waals surface area contributed by atoms with E-state index >= 15 is 0 Å². The number of hydrogen-bond acceptors (Lipinski definition) is 1. The number of hydrogen-bond donors (Lipinski definition) is 0. The summed E-state index contributed by atoms with van der Waals surface area (Å²) in [5.74, 6) is 0.465. The topological polar surface area (TPSA) is 12.9 Å². The van der Waals surface area contributed by atoms with Crippen LogP contribution >= 0.6 is 0 Å². The second-order valence-electron chi connectivity index (χ2n) is 4.74. The van der Waals surface area contributed by atoms with Crippen molar-refractivity contribution in [3.63, 3.8) is 0 Å². The monoisotopic (exact) mass is 227 g/mol. The van der Waals surface area contributed by atoms with E-state index < -0.39 is 0 Å². The van der Waals surface area contributed by atoms with Crippen LogP contribution in [0.1, 0.15) is 30.7 Å². The molecule has 0 saturated carbocycles. The van der Waals surface area contributed by atoms with Gasteiger partial charge in [0, 0.05) is 6.20 Å². The van der Waals surface area contributed by atoms with Gasteiger partial charge < -0.3 is 0 Å². The second kappa shape index (κ2) is 5.62. The van der Waals surface area contributed by atoms with E-state index in [0.717, 1.165) is 16.8 Å². The van der Waals surface area contributed by atoms with Crippen molar-refractivity contribution in [1.82, 2.24) is 4.98 Å². The second-order valence-corrected chi connectivity index (χ2v) is 4.74. The molecule has 0 aromatic carbocycles. The Kier molecular flexibility index (Phi) is 4.45. The van der Waals surface area contributed by atoms with Gasteiger partial charge in [-0.25, -0.2) is 0 Å². The molecule has 0 bridgehead atoms. The first-order valence-electron chi connectivity index (χ1n) is 5.91. The maximum absolute atomic E-state index is 4.38. The maximum atomic E-state index is 4.38. The van der Waals surface area contributed by atoms with Gasteiger partial charge in [-0.15, -0.1) is 0 Å². The van der Waals surface area contributed by atoms with Crippen LogP contribution in [0, 0.1) is 19.8 Å². The lowest BCUT2D eigenvalue weighted by Crippen LogP contribution is -1.91. The van der Waals surface area contributed by atoms with E-state index in [2.05, 4.69) is 51.9 Å². The van der Waals surface area contributed by atoms with E-state index in [9.17, 15) is 0 Å². The lowest BCUT2D eigenvalue weighted by atomic mass is 10.0. The number of aromatic nitrogens is 1. The summed E-state index contributed by atoms with van der Waals surface area (Å²) in [6.45, 7) is 16.4. The summed E-state index contributed by atoms with van der Waals surface area (Å²) in [4.78, 5) is 4.38. The maximum Gasteiger partial charge on any atom is 0.0698 e. The molecule has 1 heterocycles. The predicted molar refractivity (Wildman–Crippen MR) is 75.9 cm³/mol. The fraction of sp³-hybridized carbons (Fsp3) is 0.312. The van der Waals surface area contributed by atoms with E-state index in [4.69, 9.17) is 0 Å². The van der Waals surface area contributed by atoms with E-state index in [1.165, 1.54) is 11.1 Å². The number of pyridine rings is 1. The lowest BCUT2D eigenvalue weighted by Gasteiger charge is -2.05.